The predicted octanol–water partition coefficient (Wildman–Crippen LogP) is 4.40. The molecule has 0 aromatic heterocycles. The van der Waals surface area contributed by atoms with Crippen molar-refractivity contribution >= 4 is 21.6 Å². The van der Waals surface area contributed by atoms with Crippen LogP contribution in [0.3, 0.4) is 0 Å². The van der Waals surface area contributed by atoms with Gasteiger partial charge in [0.1, 0.15) is 17.2 Å². The van der Waals surface area contributed by atoms with Crippen molar-refractivity contribution in [3.63, 3.8) is 0 Å². The van der Waals surface area contributed by atoms with Crippen molar-refractivity contribution < 1.29 is 17.9 Å². The average molecular weight is 479 g/mol. The third-order valence-electron chi connectivity index (χ3n) is 6.14. The van der Waals surface area contributed by atoms with Crippen molar-refractivity contribution in [1.82, 2.24) is 4.90 Å². The summed E-state index contributed by atoms with van der Waals surface area (Å²) < 4.78 is 34.6. The Morgan fingerprint density at radius 2 is 1.62 bits per heavy atom. The van der Waals surface area contributed by atoms with Gasteiger partial charge < -0.3 is 9.64 Å². The van der Waals surface area contributed by atoms with Crippen LogP contribution < -0.4 is 9.04 Å². The molecule has 1 aliphatic rings. The highest BCUT2D eigenvalue weighted by Gasteiger charge is 2.32. The van der Waals surface area contributed by atoms with E-state index < -0.39 is 10.0 Å². The van der Waals surface area contributed by atoms with E-state index in [1.807, 2.05) is 45.0 Å². The molecule has 0 aliphatic carbocycles. The molecule has 0 radical (unpaired) electrons. The summed E-state index contributed by atoms with van der Waals surface area (Å²) in [6, 6.07) is 18.7. The van der Waals surface area contributed by atoms with Crippen molar-refractivity contribution in [3.8, 4) is 5.75 Å². The second-order valence-electron chi connectivity index (χ2n) is 8.85. The summed E-state index contributed by atoms with van der Waals surface area (Å²) in [7, 11) is -2.64. The number of aryl methyl sites for hydroxylation is 3. The van der Waals surface area contributed by atoms with Crippen LogP contribution >= 0.6 is 0 Å². The Kier molecular flexibility index (Phi) is 6.66. The Morgan fingerprint density at radius 3 is 2.29 bits per heavy atom. The normalized spacial score (nSPS) is 13.4. The first-order valence-electron chi connectivity index (χ1n) is 11.3. The molecule has 0 saturated carbocycles. The SMILES string of the molecule is COc1ccc(C)cc1S(=O)(=O)N(CC(=O)N1CCc2ccccc2C1)c1cc(C)cc(C)c1. The zero-order chi connectivity index (χ0) is 24.5. The standard InChI is InChI=1S/C27H30N2O4S/c1-19-9-10-25(33-4)26(16-19)34(31,32)29(24-14-20(2)13-21(3)15-24)18-27(30)28-12-11-22-7-5-6-8-23(22)17-28/h5-10,13-16H,11-12,17-18H2,1-4H3. The largest absolute Gasteiger partial charge is 0.495 e. The lowest BCUT2D eigenvalue weighted by atomic mass is 10.00. The van der Waals surface area contributed by atoms with Crippen molar-refractivity contribution in [2.75, 3.05) is 24.5 Å². The summed E-state index contributed by atoms with van der Waals surface area (Å²) in [6.45, 7) is 6.41. The van der Waals surface area contributed by atoms with Gasteiger partial charge in [0.25, 0.3) is 10.0 Å². The third kappa shape index (κ3) is 4.80. The lowest BCUT2D eigenvalue weighted by molar-refractivity contribution is -0.130. The van der Waals surface area contributed by atoms with Crippen molar-refractivity contribution in [2.24, 2.45) is 0 Å². The summed E-state index contributed by atoms with van der Waals surface area (Å²) in [5, 5.41) is 0. The summed E-state index contributed by atoms with van der Waals surface area (Å²) in [6.07, 6.45) is 0.754. The highest BCUT2D eigenvalue weighted by Crippen LogP contribution is 2.32. The molecule has 0 N–H and O–H groups in total. The van der Waals surface area contributed by atoms with Crippen LogP contribution in [0.2, 0.25) is 0 Å². The van der Waals surface area contributed by atoms with Crippen LogP contribution in [0.5, 0.6) is 5.75 Å². The van der Waals surface area contributed by atoms with E-state index in [2.05, 4.69) is 6.07 Å². The maximum Gasteiger partial charge on any atom is 0.268 e. The molecule has 0 fully saturated rings. The minimum absolute atomic E-state index is 0.0472. The smallest absolute Gasteiger partial charge is 0.268 e. The Labute approximate surface area is 201 Å². The van der Waals surface area contributed by atoms with Crippen LogP contribution in [0, 0.1) is 20.8 Å². The van der Waals surface area contributed by atoms with Gasteiger partial charge in [0.05, 0.1) is 12.8 Å². The zero-order valence-electron chi connectivity index (χ0n) is 20.0. The fourth-order valence-electron chi connectivity index (χ4n) is 4.45. The average Bonchev–Trinajstić information content (AvgIpc) is 2.81. The molecule has 0 atom stereocenters. The Hall–Kier alpha value is -3.32. The fourth-order valence-corrected chi connectivity index (χ4v) is 6.09. The molecular weight excluding hydrogens is 448 g/mol. The molecule has 6 nitrogen and oxygen atoms in total. The van der Waals surface area contributed by atoms with Gasteiger partial charge in [0, 0.05) is 13.1 Å². The number of nitrogens with zero attached hydrogens (tertiary/aromatic N) is 2. The summed E-state index contributed by atoms with van der Waals surface area (Å²) in [4.78, 5) is 15.2. The third-order valence-corrected chi connectivity index (χ3v) is 7.94. The number of methoxy groups -OCH3 is 1. The number of amides is 1. The minimum atomic E-state index is -4.09. The van der Waals surface area contributed by atoms with Gasteiger partial charge in [-0.05, 0) is 79.3 Å². The number of carbonyl (C=O) groups excluding carboxylic acids is 1. The van der Waals surface area contributed by atoms with Crippen LogP contribution in [0.25, 0.3) is 0 Å². The topological polar surface area (TPSA) is 66.9 Å². The van der Waals surface area contributed by atoms with Crippen molar-refractivity contribution in [2.45, 2.75) is 38.6 Å². The molecule has 1 heterocycles. The molecule has 1 aliphatic heterocycles. The molecule has 4 rings (SSSR count). The molecule has 3 aromatic rings. The van der Waals surface area contributed by atoms with Gasteiger partial charge in [-0.3, -0.25) is 9.10 Å². The number of sulfonamides is 1. The lowest BCUT2D eigenvalue weighted by Crippen LogP contribution is -2.44. The minimum Gasteiger partial charge on any atom is -0.495 e. The van der Waals surface area contributed by atoms with E-state index in [1.54, 1.807) is 35.2 Å². The molecule has 0 saturated heterocycles. The summed E-state index contributed by atoms with van der Waals surface area (Å²) in [5.41, 5.74) is 5.43. The number of fused-ring (bicyclic) bond motifs is 1. The molecule has 7 heteroatoms. The van der Waals surface area contributed by atoms with Gasteiger partial charge in [0.2, 0.25) is 5.91 Å². The van der Waals surface area contributed by atoms with E-state index in [1.165, 1.54) is 17.0 Å². The van der Waals surface area contributed by atoms with Gasteiger partial charge in [-0.25, -0.2) is 8.42 Å². The van der Waals surface area contributed by atoms with Gasteiger partial charge >= 0.3 is 0 Å². The molecular formula is C27H30N2O4S. The van der Waals surface area contributed by atoms with Gasteiger partial charge in [0.15, 0.2) is 0 Å². The van der Waals surface area contributed by atoms with E-state index in [0.29, 0.717) is 18.8 Å². The van der Waals surface area contributed by atoms with E-state index in [0.717, 1.165) is 28.7 Å². The van der Waals surface area contributed by atoms with Crippen LogP contribution in [0.1, 0.15) is 27.8 Å². The van der Waals surface area contributed by atoms with Crippen molar-refractivity contribution in [1.29, 1.82) is 0 Å². The quantitative estimate of drug-likeness (QED) is 0.527. The molecule has 178 valence electrons. The van der Waals surface area contributed by atoms with Crippen LogP contribution in [-0.4, -0.2) is 39.4 Å². The molecule has 0 unspecified atom stereocenters. The lowest BCUT2D eigenvalue weighted by Gasteiger charge is -2.32. The number of ether oxygens (including phenoxy) is 1. The van der Waals surface area contributed by atoms with E-state index >= 15 is 0 Å². The van der Waals surface area contributed by atoms with Crippen LogP contribution in [0.15, 0.2) is 65.6 Å². The predicted molar refractivity (Wildman–Crippen MR) is 134 cm³/mol. The molecule has 34 heavy (non-hydrogen) atoms. The zero-order valence-corrected chi connectivity index (χ0v) is 20.9. The molecule has 1 amide bonds. The van der Waals surface area contributed by atoms with Crippen LogP contribution in [-0.2, 0) is 27.8 Å². The first kappa shape index (κ1) is 23.8. The Morgan fingerprint density at radius 1 is 0.941 bits per heavy atom. The molecule has 0 bridgehead atoms. The van der Waals surface area contributed by atoms with E-state index in [9.17, 15) is 13.2 Å². The molecule has 0 spiro atoms. The van der Waals surface area contributed by atoms with Crippen LogP contribution in [0.4, 0.5) is 5.69 Å². The number of anilines is 1. The Balaban J connectivity index is 1.74. The monoisotopic (exact) mass is 478 g/mol. The number of rotatable bonds is 6. The molecule has 3 aromatic carbocycles. The van der Waals surface area contributed by atoms with E-state index in [4.69, 9.17) is 4.74 Å². The van der Waals surface area contributed by atoms with E-state index in [-0.39, 0.29) is 23.1 Å². The Bertz CT molecular complexity index is 1310. The highest BCUT2D eigenvalue weighted by atomic mass is 32.2. The number of benzene rings is 3. The summed E-state index contributed by atoms with van der Waals surface area (Å²) in [5.74, 6) is 0.0168. The number of hydrogen-bond donors (Lipinski definition) is 0. The summed E-state index contributed by atoms with van der Waals surface area (Å²) >= 11 is 0. The highest BCUT2D eigenvalue weighted by molar-refractivity contribution is 7.93. The van der Waals surface area contributed by atoms with Gasteiger partial charge in [-0.15, -0.1) is 0 Å². The first-order chi connectivity index (χ1) is 16.2. The second kappa shape index (κ2) is 9.50. The number of carbonyl (C=O) groups is 1. The second-order valence-corrected chi connectivity index (χ2v) is 10.7. The maximum atomic E-state index is 14.0. The number of hydrogen-bond acceptors (Lipinski definition) is 4. The fraction of sp³-hybridized carbons (Fsp3) is 0.296. The first-order valence-corrected chi connectivity index (χ1v) is 12.7. The van der Waals surface area contributed by atoms with Gasteiger partial charge in [-0.1, -0.05) is 36.4 Å². The van der Waals surface area contributed by atoms with Gasteiger partial charge in [-0.2, -0.15) is 0 Å². The maximum absolute atomic E-state index is 14.0. The van der Waals surface area contributed by atoms with Crippen molar-refractivity contribution in [3.05, 3.63) is 88.5 Å².